The van der Waals surface area contributed by atoms with Gasteiger partial charge in [-0.1, -0.05) is 0 Å². The summed E-state index contributed by atoms with van der Waals surface area (Å²) in [6.45, 7) is 4.99. The molecule has 0 radical (unpaired) electrons. The molecule has 6 heteroatoms. The van der Waals surface area contributed by atoms with Crippen molar-refractivity contribution in [2.24, 2.45) is 11.3 Å². The molecule has 25 heavy (non-hydrogen) atoms. The zero-order valence-electron chi connectivity index (χ0n) is 14.4. The van der Waals surface area contributed by atoms with Gasteiger partial charge in [0.15, 0.2) is 0 Å². The lowest BCUT2D eigenvalue weighted by Gasteiger charge is -2.16. The van der Waals surface area contributed by atoms with Gasteiger partial charge in [0, 0.05) is 30.6 Å². The minimum Gasteiger partial charge on any atom is -0.466 e. The molecule has 0 bridgehead atoms. The molecule has 1 aliphatic heterocycles. The van der Waals surface area contributed by atoms with Crippen LogP contribution in [0, 0.1) is 25.2 Å². The van der Waals surface area contributed by atoms with Crippen LogP contribution in [0.3, 0.4) is 0 Å². The third-order valence-corrected chi connectivity index (χ3v) is 5.38. The number of amides is 2. The number of carbonyl (C=O) groups is 2. The topological polar surface area (TPSA) is 75.4 Å². The fraction of sp³-hybridized carbons (Fsp3) is 0.421. The van der Waals surface area contributed by atoms with E-state index in [1.807, 2.05) is 24.8 Å². The van der Waals surface area contributed by atoms with Crippen molar-refractivity contribution in [2.45, 2.75) is 26.7 Å². The van der Waals surface area contributed by atoms with Gasteiger partial charge in [0.1, 0.15) is 11.5 Å². The second kappa shape index (κ2) is 5.72. The first-order valence-corrected chi connectivity index (χ1v) is 8.56. The quantitative estimate of drug-likeness (QED) is 0.933. The molecule has 2 atom stereocenters. The molecule has 1 aliphatic carbocycles. The van der Waals surface area contributed by atoms with E-state index in [0.29, 0.717) is 30.1 Å². The number of nitrogens with zero attached hydrogens (tertiary/aromatic N) is 2. The summed E-state index contributed by atoms with van der Waals surface area (Å²) < 4.78 is 5.47. The highest BCUT2D eigenvalue weighted by Crippen LogP contribution is 2.59. The molecule has 2 fully saturated rings. The number of furan rings is 1. The summed E-state index contributed by atoms with van der Waals surface area (Å²) in [5.41, 5.74) is 1.28. The van der Waals surface area contributed by atoms with E-state index < -0.39 is 0 Å². The Balaban J connectivity index is 1.40. The number of aryl methyl sites for hydroxylation is 2. The molecular weight excluding hydrogens is 318 g/mol. The predicted molar refractivity (Wildman–Crippen MR) is 92.1 cm³/mol. The number of nitrogens with one attached hydrogen (secondary N) is 1. The van der Waals surface area contributed by atoms with Gasteiger partial charge < -0.3 is 14.6 Å². The van der Waals surface area contributed by atoms with Crippen molar-refractivity contribution in [1.29, 1.82) is 0 Å². The third kappa shape index (κ3) is 2.81. The van der Waals surface area contributed by atoms with Crippen molar-refractivity contribution in [1.82, 2.24) is 9.88 Å². The molecule has 0 unspecified atom stereocenters. The molecule has 6 nitrogen and oxygen atoms in total. The van der Waals surface area contributed by atoms with Gasteiger partial charge in [-0.15, -0.1) is 0 Å². The van der Waals surface area contributed by atoms with Gasteiger partial charge in [-0.25, -0.2) is 0 Å². The highest BCUT2D eigenvalue weighted by molar-refractivity contribution is 5.97. The average molecular weight is 339 g/mol. The summed E-state index contributed by atoms with van der Waals surface area (Å²) >= 11 is 0. The Kier molecular flexibility index (Phi) is 3.63. The van der Waals surface area contributed by atoms with E-state index in [-0.39, 0.29) is 23.1 Å². The predicted octanol–water partition coefficient (Wildman–Crippen LogP) is 2.78. The van der Waals surface area contributed by atoms with Gasteiger partial charge in [-0.3, -0.25) is 14.6 Å². The van der Waals surface area contributed by atoms with E-state index in [9.17, 15) is 9.59 Å². The first-order chi connectivity index (χ1) is 12.0. The first-order valence-electron chi connectivity index (χ1n) is 8.56. The van der Waals surface area contributed by atoms with Crippen molar-refractivity contribution in [3.8, 4) is 0 Å². The number of hydrogen-bond acceptors (Lipinski definition) is 4. The molecule has 2 amide bonds. The summed E-state index contributed by atoms with van der Waals surface area (Å²) in [5, 5.41) is 2.92. The molecule has 4 rings (SSSR count). The van der Waals surface area contributed by atoms with Crippen molar-refractivity contribution >= 4 is 17.5 Å². The summed E-state index contributed by atoms with van der Waals surface area (Å²) in [4.78, 5) is 31.1. The van der Waals surface area contributed by atoms with Gasteiger partial charge in [0.25, 0.3) is 5.91 Å². The maximum Gasteiger partial charge on any atom is 0.257 e. The molecule has 2 aromatic heterocycles. The molecule has 2 aromatic rings. The van der Waals surface area contributed by atoms with Crippen LogP contribution >= 0.6 is 0 Å². The van der Waals surface area contributed by atoms with Crippen LogP contribution in [0.25, 0.3) is 0 Å². The molecule has 2 aliphatic rings. The Hall–Kier alpha value is -2.63. The second-order valence-electron chi connectivity index (χ2n) is 7.15. The Morgan fingerprint density at radius 3 is 2.92 bits per heavy atom. The normalized spacial score (nSPS) is 24.6. The standard InChI is InChI=1S/C19H21N3O3/c1-12-8-15(13(2)25-12)18(24)22-7-5-19(11-22)9-16(19)17(23)21-14-4-3-6-20-10-14/h3-4,6,8,10,16H,5,7,9,11H2,1-2H3,(H,21,23)/t16-,19+/m1/s1. The average Bonchev–Trinajstić information content (AvgIpc) is 2.94. The molecular formula is C19H21N3O3. The summed E-state index contributed by atoms with van der Waals surface area (Å²) in [5.74, 6) is 1.40. The first kappa shape index (κ1) is 15.9. The van der Waals surface area contributed by atoms with E-state index in [2.05, 4.69) is 10.3 Å². The van der Waals surface area contributed by atoms with E-state index in [1.54, 1.807) is 24.5 Å². The van der Waals surface area contributed by atoms with Crippen LogP contribution < -0.4 is 5.32 Å². The van der Waals surface area contributed by atoms with Crippen molar-refractivity contribution in [2.75, 3.05) is 18.4 Å². The largest absolute Gasteiger partial charge is 0.466 e. The number of carbonyl (C=O) groups excluding carboxylic acids is 2. The van der Waals surface area contributed by atoms with Crippen molar-refractivity contribution < 1.29 is 14.0 Å². The van der Waals surface area contributed by atoms with Gasteiger partial charge in [0.2, 0.25) is 5.91 Å². The number of rotatable bonds is 3. The fourth-order valence-corrected chi connectivity index (χ4v) is 3.92. The van der Waals surface area contributed by atoms with E-state index in [4.69, 9.17) is 4.42 Å². The number of likely N-dealkylation sites (tertiary alicyclic amines) is 1. The molecule has 130 valence electrons. The molecule has 1 N–H and O–H groups in total. The van der Waals surface area contributed by atoms with Crippen LogP contribution in [0.5, 0.6) is 0 Å². The summed E-state index contributed by atoms with van der Waals surface area (Å²) in [6, 6.07) is 5.42. The number of aromatic nitrogens is 1. The van der Waals surface area contributed by atoms with Gasteiger partial charge in [-0.05, 0) is 44.9 Å². The number of anilines is 1. The Morgan fingerprint density at radius 1 is 1.40 bits per heavy atom. The van der Waals surface area contributed by atoms with Gasteiger partial charge in [-0.2, -0.15) is 0 Å². The number of pyridine rings is 1. The highest BCUT2D eigenvalue weighted by Gasteiger charge is 2.61. The molecule has 3 heterocycles. The zero-order valence-corrected chi connectivity index (χ0v) is 14.4. The van der Waals surface area contributed by atoms with Crippen molar-refractivity contribution in [3.05, 3.63) is 47.7 Å². The minimum atomic E-state index is -0.0609. The second-order valence-corrected chi connectivity index (χ2v) is 7.15. The van der Waals surface area contributed by atoms with Gasteiger partial charge >= 0.3 is 0 Å². The van der Waals surface area contributed by atoms with E-state index in [1.165, 1.54) is 0 Å². The molecule has 1 spiro atoms. The van der Waals surface area contributed by atoms with Crippen LogP contribution in [-0.4, -0.2) is 34.8 Å². The van der Waals surface area contributed by atoms with Crippen LogP contribution in [0.2, 0.25) is 0 Å². The third-order valence-electron chi connectivity index (χ3n) is 5.38. The molecule has 1 saturated carbocycles. The lowest BCUT2D eigenvalue weighted by molar-refractivity contribution is -0.118. The monoisotopic (exact) mass is 339 g/mol. The Morgan fingerprint density at radius 2 is 2.24 bits per heavy atom. The van der Waals surface area contributed by atoms with Crippen LogP contribution in [0.1, 0.15) is 34.7 Å². The van der Waals surface area contributed by atoms with Crippen LogP contribution in [0.15, 0.2) is 35.0 Å². The lowest BCUT2D eigenvalue weighted by Crippen LogP contribution is -2.30. The van der Waals surface area contributed by atoms with Crippen LogP contribution in [0.4, 0.5) is 5.69 Å². The van der Waals surface area contributed by atoms with Gasteiger partial charge in [0.05, 0.1) is 17.4 Å². The molecule has 1 saturated heterocycles. The zero-order chi connectivity index (χ0) is 17.6. The Labute approximate surface area is 146 Å². The van der Waals surface area contributed by atoms with Crippen LogP contribution in [-0.2, 0) is 4.79 Å². The van der Waals surface area contributed by atoms with E-state index in [0.717, 1.165) is 18.6 Å². The number of hydrogen-bond donors (Lipinski definition) is 1. The molecule has 0 aromatic carbocycles. The maximum absolute atomic E-state index is 12.7. The maximum atomic E-state index is 12.7. The fourth-order valence-electron chi connectivity index (χ4n) is 3.92. The summed E-state index contributed by atoms with van der Waals surface area (Å²) in [7, 11) is 0. The van der Waals surface area contributed by atoms with E-state index >= 15 is 0 Å². The minimum absolute atomic E-state index is 0.00421. The lowest BCUT2D eigenvalue weighted by atomic mass is 10.0. The van der Waals surface area contributed by atoms with Crippen molar-refractivity contribution in [3.63, 3.8) is 0 Å². The summed E-state index contributed by atoms with van der Waals surface area (Å²) in [6.07, 6.45) is 5.03. The highest BCUT2D eigenvalue weighted by atomic mass is 16.3. The Bertz CT molecular complexity index is 830. The smallest absolute Gasteiger partial charge is 0.257 e. The SMILES string of the molecule is Cc1cc(C(=O)N2CC[C@]3(C[C@@H]3C(=O)Nc3cccnc3)C2)c(C)o1.